The van der Waals surface area contributed by atoms with Crippen molar-refractivity contribution in [2.75, 3.05) is 0 Å². The number of rotatable bonds is 20. The van der Waals surface area contributed by atoms with E-state index in [-0.39, 0.29) is 53.0 Å². The summed E-state index contributed by atoms with van der Waals surface area (Å²) < 4.78 is 5.60. The molecule has 3 rings (SSSR count). The van der Waals surface area contributed by atoms with E-state index in [2.05, 4.69) is 41.5 Å². The summed E-state index contributed by atoms with van der Waals surface area (Å²) in [6.45, 7) is 28.8. The van der Waals surface area contributed by atoms with Crippen molar-refractivity contribution in [2.24, 2.45) is 47.3 Å². The van der Waals surface area contributed by atoms with Crippen LogP contribution in [0.1, 0.15) is 173 Å². The zero-order valence-electron chi connectivity index (χ0n) is 40.1. The van der Waals surface area contributed by atoms with Crippen LogP contribution in [0.4, 0.5) is 0 Å². The Morgan fingerprint density at radius 2 is 1.13 bits per heavy atom. The lowest BCUT2D eigenvalue weighted by atomic mass is 9.94. The van der Waals surface area contributed by atoms with Gasteiger partial charge in [0.1, 0.15) is 35.1 Å². The Kier molecular flexibility index (Phi) is 27.5. The molecule has 0 spiro atoms. The molecule has 2 aliphatic carbocycles. The topological polar surface area (TPSA) is 172 Å². The molecule has 346 valence electrons. The molecule has 61 heavy (non-hydrogen) atoms. The standard InChI is InChI=1S/C24H32O5.C14H22O4.C7H16.C6H12O/c1-14(2)11-12-18-21(26)20(19(25)13-15(3)4)22(27)23(18)29-24(28)16(5)17-9-7-6-8-10-17;1-4-5-10(15)11-12(16)9(7-6-8(2)3)13(17)14(11)18;1-6(2)5-7(3)4;1-6(2)4-3-5-7/h6-10,14-16,18,23,26H,11-13H2,1-5H3;8-9,13,16-17H,4-7H2,1-3H3;6-7H,5H2,1-4H3;5-6H,3-4H2,1-2H3/t;9-,13-;;/m.0../s1. The number of ether oxygens (including phenoxy) is 1. The SMILES string of the molecule is CC(C)CC(C)C.CC(C)CCC1C(O)=C(C(=O)CC(C)C)C(=O)C1OC(=O)C(C)c1ccccc1.CC(C)CCC=O.CCCC(=O)C1=C(O)[C@H](CCC(C)C)[C@H](O)C1=O. The Labute approximate surface area is 368 Å². The smallest absolute Gasteiger partial charge is 0.313 e. The summed E-state index contributed by atoms with van der Waals surface area (Å²) in [5.41, 5.74) is 0.436. The zero-order chi connectivity index (χ0) is 47.1. The predicted molar refractivity (Wildman–Crippen MR) is 244 cm³/mol. The summed E-state index contributed by atoms with van der Waals surface area (Å²) in [5.74, 6) is -1.43. The van der Waals surface area contributed by atoms with Crippen LogP contribution in [0, 0.1) is 47.3 Å². The summed E-state index contributed by atoms with van der Waals surface area (Å²) in [7, 11) is 0. The summed E-state index contributed by atoms with van der Waals surface area (Å²) in [4.78, 5) is 71.5. The van der Waals surface area contributed by atoms with Crippen LogP contribution in [0.25, 0.3) is 0 Å². The van der Waals surface area contributed by atoms with Gasteiger partial charge in [-0.25, -0.2) is 0 Å². The van der Waals surface area contributed by atoms with Crippen LogP contribution in [0.15, 0.2) is 53.0 Å². The summed E-state index contributed by atoms with van der Waals surface area (Å²) >= 11 is 0. The average Bonchev–Trinajstić information content (AvgIpc) is 3.52. The molecule has 0 saturated carbocycles. The van der Waals surface area contributed by atoms with Crippen LogP contribution in [0.3, 0.4) is 0 Å². The van der Waals surface area contributed by atoms with Crippen LogP contribution in [0.2, 0.25) is 0 Å². The number of Topliss-reactive ketones (excluding diaryl/α,β-unsaturated/α-hetero) is 4. The molecule has 0 saturated heterocycles. The van der Waals surface area contributed by atoms with E-state index in [1.165, 1.54) is 6.42 Å². The molecule has 2 aliphatic rings. The minimum Gasteiger partial charge on any atom is -0.511 e. The van der Waals surface area contributed by atoms with Gasteiger partial charge in [-0.3, -0.25) is 24.0 Å². The Bertz CT molecular complexity index is 1570. The van der Waals surface area contributed by atoms with E-state index in [4.69, 9.17) is 4.74 Å². The number of ketones is 4. The maximum atomic E-state index is 13.0. The van der Waals surface area contributed by atoms with E-state index in [1.54, 1.807) is 6.92 Å². The normalized spacial score (nSPS) is 19.2. The molecule has 0 bridgehead atoms. The predicted octanol–water partition coefficient (Wildman–Crippen LogP) is 11.2. The van der Waals surface area contributed by atoms with E-state index in [9.17, 15) is 44.1 Å². The number of benzene rings is 1. The Morgan fingerprint density at radius 3 is 1.54 bits per heavy atom. The molecule has 0 aromatic heterocycles. The van der Waals surface area contributed by atoms with Crippen molar-refractivity contribution in [1.29, 1.82) is 0 Å². The molecule has 0 aliphatic heterocycles. The average molecular weight is 855 g/mol. The molecular weight excluding hydrogens is 773 g/mol. The maximum absolute atomic E-state index is 13.0. The van der Waals surface area contributed by atoms with E-state index in [1.807, 2.05) is 78.8 Å². The molecule has 10 heteroatoms. The molecule has 1 aromatic rings. The number of aliphatic hydroxyl groups excluding tert-OH is 3. The van der Waals surface area contributed by atoms with Gasteiger partial charge in [-0.1, -0.05) is 133 Å². The van der Waals surface area contributed by atoms with Gasteiger partial charge >= 0.3 is 5.97 Å². The Balaban J connectivity index is 0.000000947. The van der Waals surface area contributed by atoms with Crippen molar-refractivity contribution >= 4 is 35.4 Å². The highest BCUT2D eigenvalue weighted by molar-refractivity contribution is 6.24. The van der Waals surface area contributed by atoms with Gasteiger partial charge in [-0.2, -0.15) is 0 Å². The zero-order valence-corrected chi connectivity index (χ0v) is 40.1. The van der Waals surface area contributed by atoms with Crippen LogP contribution in [-0.2, 0) is 33.5 Å². The molecule has 3 N–H and O–H groups in total. The molecule has 0 fully saturated rings. The third-order valence-corrected chi connectivity index (χ3v) is 10.4. The van der Waals surface area contributed by atoms with Gasteiger partial charge in [0.05, 0.1) is 17.8 Å². The second kappa shape index (κ2) is 29.4. The quantitative estimate of drug-likeness (QED) is 0.0651. The molecule has 3 unspecified atom stereocenters. The second-order valence-corrected chi connectivity index (χ2v) is 19.2. The van der Waals surface area contributed by atoms with Crippen molar-refractivity contribution in [2.45, 2.75) is 179 Å². The van der Waals surface area contributed by atoms with E-state index >= 15 is 0 Å². The highest BCUT2D eigenvalue weighted by Gasteiger charge is 2.47. The number of hydrogen-bond donors (Lipinski definition) is 3. The van der Waals surface area contributed by atoms with Gasteiger partial charge in [0, 0.05) is 19.3 Å². The molecule has 0 heterocycles. The molecule has 5 atom stereocenters. The number of carbonyl (C=O) groups excluding carboxylic acids is 6. The van der Waals surface area contributed by atoms with Crippen LogP contribution in [-0.4, -0.2) is 62.9 Å². The third kappa shape index (κ3) is 20.7. The van der Waals surface area contributed by atoms with Gasteiger partial charge < -0.3 is 24.9 Å². The lowest BCUT2D eigenvalue weighted by Crippen LogP contribution is -2.33. The van der Waals surface area contributed by atoms with E-state index < -0.39 is 47.5 Å². The minimum absolute atomic E-state index is 0.0596. The number of hydrogen-bond acceptors (Lipinski definition) is 10. The number of aldehydes is 1. The first-order chi connectivity index (χ1) is 28.4. The third-order valence-electron chi connectivity index (χ3n) is 10.4. The monoisotopic (exact) mass is 855 g/mol. The van der Waals surface area contributed by atoms with Gasteiger partial charge in [0.15, 0.2) is 23.5 Å². The molecule has 10 nitrogen and oxygen atoms in total. The Hall–Kier alpha value is -3.92. The van der Waals surface area contributed by atoms with Crippen LogP contribution < -0.4 is 0 Å². The summed E-state index contributed by atoms with van der Waals surface area (Å²) in [6.07, 6.45) is 5.27. The second-order valence-electron chi connectivity index (χ2n) is 19.2. The first-order valence-electron chi connectivity index (χ1n) is 22.8. The van der Waals surface area contributed by atoms with E-state index in [0.717, 1.165) is 49.4 Å². The van der Waals surface area contributed by atoms with Crippen molar-refractivity contribution in [3.63, 3.8) is 0 Å². The summed E-state index contributed by atoms with van der Waals surface area (Å²) in [5, 5.41) is 30.5. The maximum Gasteiger partial charge on any atom is 0.313 e. The van der Waals surface area contributed by atoms with Crippen molar-refractivity contribution in [3.8, 4) is 0 Å². The minimum atomic E-state index is -1.25. The highest BCUT2D eigenvalue weighted by atomic mass is 16.5. The van der Waals surface area contributed by atoms with E-state index in [0.29, 0.717) is 37.0 Å². The first kappa shape index (κ1) is 57.1. The fourth-order valence-electron chi connectivity index (χ4n) is 7.15. The molecule has 0 radical (unpaired) electrons. The lowest BCUT2D eigenvalue weighted by molar-refractivity contribution is -0.157. The fourth-order valence-corrected chi connectivity index (χ4v) is 7.15. The largest absolute Gasteiger partial charge is 0.511 e. The van der Waals surface area contributed by atoms with Crippen LogP contribution in [0.5, 0.6) is 0 Å². The summed E-state index contributed by atoms with van der Waals surface area (Å²) in [6, 6.07) is 9.18. The first-order valence-corrected chi connectivity index (χ1v) is 22.8. The number of esters is 1. The van der Waals surface area contributed by atoms with Crippen molar-refractivity contribution in [1.82, 2.24) is 0 Å². The van der Waals surface area contributed by atoms with Gasteiger partial charge in [-0.15, -0.1) is 0 Å². The highest BCUT2D eigenvalue weighted by Crippen LogP contribution is 2.37. The number of carbonyl (C=O) groups is 6. The lowest BCUT2D eigenvalue weighted by Gasteiger charge is -2.22. The molecule has 0 amide bonds. The van der Waals surface area contributed by atoms with Gasteiger partial charge in [0.25, 0.3) is 0 Å². The van der Waals surface area contributed by atoms with Crippen molar-refractivity contribution in [3.05, 3.63) is 58.6 Å². The number of aliphatic hydroxyl groups is 3. The van der Waals surface area contributed by atoms with Crippen LogP contribution >= 0.6 is 0 Å². The molecular formula is C51H82O10. The van der Waals surface area contributed by atoms with Crippen molar-refractivity contribution < 1.29 is 48.8 Å². The molecule has 1 aromatic carbocycles. The van der Waals surface area contributed by atoms with Gasteiger partial charge in [0.2, 0.25) is 5.78 Å². The fraction of sp³-hybridized carbons (Fsp3) is 0.686. The Morgan fingerprint density at radius 1 is 0.656 bits per heavy atom. The van der Waals surface area contributed by atoms with Gasteiger partial charge in [-0.05, 0) is 80.1 Å².